The maximum atomic E-state index is 5.67. The van der Waals surface area contributed by atoms with Gasteiger partial charge < -0.3 is 0 Å². The number of rotatable bonds is 0. The molecule has 1 aromatic carbocycles. The van der Waals surface area contributed by atoms with Crippen LogP contribution in [-0.4, -0.2) is 9.97 Å². The van der Waals surface area contributed by atoms with E-state index >= 15 is 0 Å². The molecule has 0 aliphatic carbocycles. The predicted octanol–water partition coefficient (Wildman–Crippen LogP) is 6.72. The number of pyridine rings is 2. The normalized spacial score (nSPS) is 8.71. The molecule has 24 heavy (non-hydrogen) atoms. The Balaban J connectivity index is 0.000000327. The zero-order valence-electron chi connectivity index (χ0n) is 13.5. The molecule has 128 valence electrons. The highest BCUT2D eigenvalue weighted by molar-refractivity contribution is 6.35. The van der Waals surface area contributed by atoms with Crippen molar-refractivity contribution in [3.8, 4) is 0 Å². The lowest BCUT2D eigenvalue weighted by Gasteiger charge is -1.95. The van der Waals surface area contributed by atoms with Crippen LogP contribution < -0.4 is 0 Å². The zero-order chi connectivity index (χ0) is 17.1. The van der Waals surface area contributed by atoms with Crippen LogP contribution in [0.4, 0.5) is 0 Å². The van der Waals surface area contributed by atoms with Crippen LogP contribution in [0.1, 0.15) is 24.1 Å². The molecule has 0 fully saturated rings. The number of aromatic nitrogens is 2. The van der Waals surface area contributed by atoms with E-state index in [1.807, 2.05) is 44.2 Å². The number of hydrogen-bond donors (Lipinski definition) is 0. The quantitative estimate of drug-likeness (QED) is 0.443. The molecule has 0 N–H and O–H groups in total. The third kappa shape index (κ3) is 9.29. The first kappa shape index (κ1) is 22.1. The van der Waals surface area contributed by atoms with E-state index in [2.05, 4.69) is 29.0 Å². The first-order valence-electron chi connectivity index (χ1n) is 7.14. The SMILES string of the molecule is C.Cc1c(Cl)cncc1Cl.Cc1ccccc1.Cc1ccncc1. The molecule has 0 aliphatic rings. The lowest BCUT2D eigenvalue weighted by molar-refractivity contribution is 1.29. The van der Waals surface area contributed by atoms with Crippen LogP contribution in [0.5, 0.6) is 0 Å². The van der Waals surface area contributed by atoms with Crippen LogP contribution in [0.3, 0.4) is 0 Å². The highest BCUT2D eigenvalue weighted by Crippen LogP contribution is 2.20. The van der Waals surface area contributed by atoms with Gasteiger partial charge >= 0.3 is 0 Å². The summed E-state index contributed by atoms with van der Waals surface area (Å²) in [5.41, 5.74) is 3.46. The van der Waals surface area contributed by atoms with E-state index < -0.39 is 0 Å². The van der Waals surface area contributed by atoms with Crippen molar-refractivity contribution in [2.45, 2.75) is 28.2 Å². The van der Waals surface area contributed by atoms with E-state index in [4.69, 9.17) is 23.2 Å². The second-order valence-electron chi connectivity index (χ2n) is 4.91. The molecule has 4 heteroatoms. The summed E-state index contributed by atoms with van der Waals surface area (Å²) in [7, 11) is 0. The number of halogens is 2. The Kier molecular flexibility index (Phi) is 11.5. The molecule has 0 radical (unpaired) electrons. The van der Waals surface area contributed by atoms with Gasteiger partial charge in [0.1, 0.15) is 0 Å². The minimum absolute atomic E-state index is 0. The molecular formula is C20H24Cl2N2. The summed E-state index contributed by atoms with van der Waals surface area (Å²) in [5, 5.41) is 1.23. The molecule has 0 saturated heterocycles. The summed E-state index contributed by atoms with van der Waals surface area (Å²) in [6.07, 6.45) is 6.72. The molecule has 2 heterocycles. The molecule has 0 atom stereocenters. The molecule has 0 amide bonds. The Morgan fingerprint density at radius 3 is 1.42 bits per heavy atom. The first-order chi connectivity index (χ1) is 11.0. The summed E-state index contributed by atoms with van der Waals surface area (Å²) >= 11 is 11.3. The van der Waals surface area contributed by atoms with Crippen molar-refractivity contribution in [3.05, 3.63) is 94.0 Å². The van der Waals surface area contributed by atoms with Crippen molar-refractivity contribution in [1.29, 1.82) is 0 Å². The summed E-state index contributed by atoms with van der Waals surface area (Å²) in [5.74, 6) is 0. The smallest absolute Gasteiger partial charge is 0.0633 e. The molecular weight excluding hydrogens is 339 g/mol. The number of aryl methyl sites for hydroxylation is 2. The van der Waals surface area contributed by atoms with Gasteiger partial charge in [-0.2, -0.15) is 0 Å². The first-order valence-corrected chi connectivity index (χ1v) is 7.90. The summed E-state index contributed by atoms with van der Waals surface area (Å²) in [6.45, 7) is 5.98. The zero-order valence-corrected chi connectivity index (χ0v) is 15.0. The Morgan fingerprint density at radius 1 is 0.667 bits per heavy atom. The fourth-order valence-electron chi connectivity index (χ4n) is 1.44. The van der Waals surface area contributed by atoms with Crippen LogP contribution >= 0.6 is 23.2 Å². The van der Waals surface area contributed by atoms with Crippen molar-refractivity contribution >= 4 is 23.2 Å². The van der Waals surface area contributed by atoms with Crippen molar-refractivity contribution in [3.63, 3.8) is 0 Å². The van der Waals surface area contributed by atoms with Gasteiger partial charge in [0.05, 0.1) is 10.0 Å². The Hall–Kier alpha value is -1.90. The molecule has 0 bridgehead atoms. The Labute approximate surface area is 155 Å². The molecule has 0 saturated carbocycles. The fraction of sp³-hybridized carbons (Fsp3) is 0.200. The summed E-state index contributed by atoms with van der Waals surface area (Å²) < 4.78 is 0. The molecule has 0 unspecified atom stereocenters. The Morgan fingerprint density at radius 2 is 1.12 bits per heavy atom. The van der Waals surface area contributed by atoms with Gasteiger partial charge in [0.15, 0.2) is 0 Å². The second-order valence-corrected chi connectivity index (χ2v) is 5.72. The average molecular weight is 363 g/mol. The summed E-state index contributed by atoms with van der Waals surface area (Å²) in [6, 6.07) is 14.2. The van der Waals surface area contributed by atoms with Crippen LogP contribution in [0, 0.1) is 20.8 Å². The number of nitrogens with zero attached hydrogens (tertiary/aromatic N) is 2. The third-order valence-corrected chi connectivity index (χ3v) is 3.64. The van der Waals surface area contributed by atoms with Gasteiger partial charge in [-0.15, -0.1) is 0 Å². The van der Waals surface area contributed by atoms with Crippen molar-refractivity contribution in [1.82, 2.24) is 9.97 Å². The van der Waals surface area contributed by atoms with E-state index in [9.17, 15) is 0 Å². The van der Waals surface area contributed by atoms with Crippen molar-refractivity contribution < 1.29 is 0 Å². The second kappa shape index (κ2) is 12.5. The maximum absolute atomic E-state index is 5.67. The molecule has 2 nitrogen and oxygen atoms in total. The molecule has 2 aromatic heterocycles. The van der Waals surface area contributed by atoms with Gasteiger partial charge in [-0.05, 0) is 44.0 Å². The largest absolute Gasteiger partial charge is 0.265 e. The van der Waals surface area contributed by atoms with E-state index in [0.29, 0.717) is 10.0 Å². The van der Waals surface area contributed by atoms with Gasteiger partial charge in [-0.1, -0.05) is 66.5 Å². The minimum Gasteiger partial charge on any atom is -0.265 e. The molecule has 3 rings (SSSR count). The predicted molar refractivity (Wildman–Crippen MR) is 106 cm³/mol. The third-order valence-electron chi connectivity index (χ3n) is 2.88. The van der Waals surface area contributed by atoms with Crippen LogP contribution in [-0.2, 0) is 0 Å². The van der Waals surface area contributed by atoms with Gasteiger partial charge in [0.25, 0.3) is 0 Å². The van der Waals surface area contributed by atoms with Crippen LogP contribution in [0.25, 0.3) is 0 Å². The van der Waals surface area contributed by atoms with Gasteiger partial charge in [0.2, 0.25) is 0 Å². The molecule has 3 aromatic rings. The fourth-order valence-corrected chi connectivity index (χ4v) is 1.80. The van der Waals surface area contributed by atoms with Crippen LogP contribution in [0.2, 0.25) is 10.0 Å². The van der Waals surface area contributed by atoms with Crippen LogP contribution in [0.15, 0.2) is 67.3 Å². The highest BCUT2D eigenvalue weighted by atomic mass is 35.5. The van der Waals surface area contributed by atoms with E-state index in [1.54, 1.807) is 24.8 Å². The lowest BCUT2D eigenvalue weighted by Crippen LogP contribution is -1.78. The molecule has 0 aliphatic heterocycles. The molecule has 0 spiro atoms. The van der Waals surface area contributed by atoms with Crippen molar-refractivity contribution in [2.75, 3.05) is 0 Å². The topological polar surface area (TPSA) is 25.8 Å². The van der Waals surface area contributed by atoms with Gasteiger partial charge in [0, 0.05) is 24.8 Å². The Bertz CT molecular complexity index is 629. The maximum Gasteiger partial charge on any atom is 0.0633 e. The van der Waals surface area contributed by atoms with Crippen molar-refractivity contribution in [2.24, 2.45) is 0 Å². The average Bonchev–Trinajstić information content (AvgIpc) is 2.55. The van der Waals surface area contributed by atoms with E-state index in [1.165, 1.54) is 11.1 Å². The van der Waals surface area contributed by atoms with E-state index in [0.717, 1.165) is 5.56 Å². The number of benzene rings is 1. The van der Waals surface area contributed by atoms with Gasteiger partial charge in [-0.25, -0.2) is 0 Å². The lowest BCUT2D eigenvalue weighted by atomic mass is 10.2. The monoisotopic (exact) mass is 362 g/mol. The summed E-state index contributed by atoms with van der Waals surface area (Å²) in [4.78, 5) is 7.63. The standard InChI is InChI=1S/C7H8.C6H5Cl2N.C6H7N.CH4/c1-7-5-3-2-4-6-7;1-4-5(7)2-9-3-6(4)8;1-6-2-4-7-5-3-6;/h2-6H,1H3;2-3H,1H3;2-5H,1H3;1H4. The highest BCUT2D eigenvalue weighted by Gasteiger charge is 1.97. The number of hydrogen-bond acceptors (Lipinski definition) is 2. The van der Waals surface area contributed by atoms with Gasteiger partial charge in [-0.3, -0.25) is 9.97 Å². The minimum atomic E-state index is 0. The van der Waals surface area contributed by atoms with E-state index in [-0.39, 0.29) is 7.43 Å².